The van der Waals surface area contributed by atoms with Crippen molar-refractivity contribution in [3.63, 3.8) is 0 Å². The highest BCUT2D eigenvalue weighted by Gasteiger charge is 2.17. The maximum atomic E-state index is 12.3. The summed E-state index contributed by atoms with van der Waals surface area (Å²) in [4.78, 5) is 23.9. The first-order chi connectivity index (χ1) is 14.3. The van der Waals surface area contributed by atoms with Crippen LogP contribution in [0, 0.1) is 6.92 Å². The van der Waals surface area contributed by atoms with E-state index in [2.05, 4.69) is 10.4 Å². The van der Waals surface area contributed by atoms with Crippen LogP contribution in [0.2, 0.25) is 0 Å². The Morgan fingerprint density at radius 2 is 1.67 bits per heavy atom. The van der Waals surface area contributed by atoms with E-state index >= 15 is 0 Å². The molecule has 8 nitrogen and oxygen atoms in total. The van der Waals surface area contributed by atoms with E-state index in [0.717, 1.165) is 11.1 Å². The number of urea groups is 1. The number of aryl methyl sites for hydroxylation is 1. The zero-order chi connectivity index (χ0) is 21.7. The van der Waals surface area contributed by atoms with E-state index in [1.807, 2.05) is 42.8 Å². The third-order valence-electron chi connectivity index (χ3n) is 4.30. The molecular weight excluding hydrogens is 404 g/mol. The number of amides is 2. The highest BCUT2D eigenvalue weighted by Crippen LogP contribution is 2.17. The van der Waals surface area contributed by atoms with Crippen LogP contribution in [0.1, 0.15) is 18.9 Å². The van der Waals surface area contributed by atoms with Gasteiger partial charge in [-0.05, 0) is 43.7 Å². The van der Waals surface area contributed by atoms with Crippen molar-refractivity contribution in [3.05, 3.63) is 76.6 Å². The van der Waals surface area contributed by atoms with Gasteiger partial charge in [0.2, 0.25) is 0 Å². The van der Waals surface area contributed by atoms with E-state index in [1.165, 1.54) is 35.0 Å². The van der Waals surface area contributed by atoms with Gasteiger partial charge in [-0.2, -0.15) is 9.78 Å². The number of nitrogens with one attached hydrogen (secondary N) is 2. The first kappa shape index (κ1) is 21.3. The van der Waals surface area contributed by atoms with Crippen LogP contribution in [-0.2, 0) is 10.0 Å². The lowest BCUT2D eigenvalue weighted by atomic mass is 10.1. The van der Waals surface area contributed by atoms with Gasteiger partial charge in [0.15, 0.2) is 0 Å². The van der Waals surface area contributed by atoms with Crippen LogP contribution in [0.4, 0.5) is 4.79 Å². The molecule has 0 unspecified atom stereocenters. The monoisotopic (exact) mass is 426 g/mol. The van der Waals surface area contributed by atoms with Gasteiger partial charge in [-0.25, -0.2) is 17.9 Å². The molecule has 0 saturated heterocycles. The molecule has 9 heteroatoms. The molecule has 0 saturated carbocycles. The van der Waals surface area contributed by atoms with Crippen LogP contribution >= 0.6 is 0 Å². The lowest BCUT2D eigenvalue weighted by Gasteiger charge is -2.10. The SMILES string of the molecule is CCCNC(=O)NS(=O)(=O)c1ccc(-n2nc(-c3ccc(C)cc3)ccc2=O)cc1. The fourth-order valence-corrected chi connectivity index (χ4v) is 3.62. The summed E-state index contributed by atoms with van der Waals surface area (Å²) in [6.45, 7) is 4.21. The van der Waals surface area contributed by atoms with Crippen LogP contribution in [0.5, 0.6) is 0 Å². The van der Waals surface area contributed by atoms with Gasteiger partial charge in [-0.15, -0.1) is 0 Å². The number of hydrogen-bond acceptors (Lipinski definition) is 5. The van der Waals surface area contributed by atoms with Crippen LogP contribution in [0.25, 0.3) is 16.9 Å². The summed E-state index contributed by atoms with van der Waals surface area (Å²) in [5.74, 6) is 0. The molecule has 3 aromatic rings. The second-order valence-electron chi connectivity index (χ2n) is 6.69. The standard InChI is InChI=1S/C21H22N4O4S/c1-3-14-22-21(27)24-30(28,29)18-10-8-17(9-11-18)25-20(26)13-12-19(23-25)16-6-4-15(2)5-7-16/h4-13H,3,14H2,1-2H3,(H2,22,24,27). The molecule has 0 aliphatic heterocycles. The minimum absolute atomic E-state index is 0.0966. The van der Waals surface area contributed by atoms with Gasteiger partial charge in [0.05, 0.1) is 16.3 Å². The number of rotatable bonds is 6. The van der Waals surface area contributed by atoms with E-state index in [-0.39, 0.29) is 10.5 Å². The summed E-state index contributed by atoms with van der Waals surface area (Å²) in [6, 6.07) is 15.6. The van der Waals surface area contributed by atoms with Gasteiger partial charge in [0.25, 0.3) is 15.6 Å². The lowest BCUT2D eigenvalue weighted by molar-refractivity contribution is 0.246. The third kappa shape index (κ3) is 4.93. The van der Waals surface area contributed by atoms with Crippen molar-refractivity contribution in [2.45, 2.75) is 25.2 Å². The zero-order valence-electron chi connectivity index (χ0n) is 16.6. The van der Waals surface area contributed by atoms with E-state index in [1.54, 1.807) is 6.07 Å². The zero-order valence-corrected chi connectivity index (χ0v) is 17.4. The molecule has 30 heavy (non-hydrogen) atoms. The second kappa shape index (κ2) is 8.91. The smallest absolute Gasteiger partial charge is 0.328 e. The van der Waals surface area contributed by atoms with Crippen molar-refractivity contribution in [2.75, 3.05) is 6.54 Å². The van der Waals surface area contributed by atoms with Gasteiger partial charge in [-0.3, -0.25) is 4.79 Å². The summed E-state index contributed by atoms with van der Waals surface area (Å²) in [6.07, 6.45) is 0.686. The molecule has 2 amide bonds. The lowest BCUT2D eigenvalue weighted by Crippen LogP contribution is -2.39. The number of benzene rings is 2. The third-order valence-corrected chi connectivity index (χ3v) is 5.65. The Balaban J connectivity index is 1.87. The van der Waals surface area contributed by atoms with E-state index in [0.29, 0.717) is 24.3 Å². The molecule has 0 atom stereocenters. The molecule has 2 N–H and O–H groups in total. The summed E-state index contributed by atoms with van der Waals surface area (Å²) in [5, 5.41) is 6.83. The molecule has 156 valence electrons. The summed E-state index contributed by atoms with van der Waals surface area (Å²) < 4.78 is 27.8. The van der Waals surface area contributed by atoms with E-state index in [9.17, 15) is 18.0 Å². The minimum Gasteiger partial charge on any atom is -0.337 e. The van der Waals surface area contributed by atoms with Gasteiger partial charge < -0.3 is 5.32 Å². The summed E-state index contributed by atoms with van der Waals surface area (Å²) in [5.41, 5.74) is 2.64. The largest absolute Gasteiger partial charge is 0.337 e. The van der Waals surface area contributed by atoms with E-state index < -0.39 is 16.1 Å². The highest BCUT2D eigenvalue weighted by molar-refractivity contribution is 7.90. The first-order valence-corrected chi connectivity index (χ1v) is 10.9. The van der Waals surface area contributed by atoms with Crippen molar-refractivity contribution in [1.82, 2.24) is 19.8 Å². The maximum Gasteiger partial charge on any atom is 0.328 e. The molecule has 2 aromatic carbocycles. The van der Waals surface area contributed by atoms with Gasteiger partial charge in [0.1, 0.15) is 0 Å². The number of nitrogens with zero attached hydrogens (tertiary/aromatic N) is 2. The molecule has 0 fully saturated rings. The van der Waals surface area contributed by atoms with E-state index in [4.69, 9.17) is 0 Å². The molecule has 0 spiro atoms. The predicted octanol–water partition coefficient (Wildman–Crippen LogP) is 2.61. The van der Waals surface area contributed by atoms with Crippen LogP contribution < -0.4 is 15.6 Å². The molecule has 3 rings (SSSR count). The van der Waals surface area contributed by atoms with Gasteiger partial charge >= 0.3 is 6.03 Å². The number of sulfonamides is 1. The number of aromatic nitrogens is 2. The Kier molecular flexibility index (Phi) is 6.31. The Bertz CT molecular complexity index is 1200. The highest BCUT2D eigenvalue weighted by atomic mass is 32.2. The normalized spacial score (nSPS) is 11.1. The fraction of sp³-hybridized carbons (Fsp3) is 0.190. The molecule has 0 bridgehead atoms. The Morgan fingerprint density at radius 3 is 2.30 bits per heavy atom. The average molecular weight is 426 g/mol. The van der Waals surface area contributed by atoms with Crippen LogP contribution in [0.3, 0.4) is 0 Å². The van der Waals surface area contributed by atoms with Crippen molar-refractivity contribution in [1.29, 1.82) is 0 Å². The average Bonchev–Trinajstić information content (AvgIpc) is 2.73. The van der Waals surface area contributed by atoms with Crippen molar-refractivity contribution in [3.8, 4) is 16.9 Å². The molecule has 0 aliphatic carbocycles. The molecule has 1 aromatic heterocycles. The quantitative estimate of drug-likeness (QED) is 0.630. The molecule has 0 radical (unpaired) electrons. The maximum absolute atomic E-state index is 12.3. The molecular formula is C21H22N4O4S. The van der Waals surface area contributed by atoms with Gasteiger partial charge in [0, 0.05) is 18.2 Å². The Labute approximate surface area is 174 Å². The van der Waals surface area contributed by atoms with Crippen LogP contribution in [-0.4, -0.2) is 30.8 Å². The second-order valence-corrected chi connectivity index (χ2v) is 8.37. The Morgan fingerprint density at radius 1 is 1.00 bits per heavy atom. The molecule has 1 heterocycles. The number of hydrogen-bond donors (Lipinski definition) is 2. The topological polar surface area (TPSA) is 110 Å². The fourth-order valence-electron chi connectivity index (χ4n) is 2.70. The Hall–Kier alpha value is -3.46. The summed E-state index contributed by atoms with van der Waals surface area (Å²) >= 11 is 0. The van der Waals surface area contributed by atoms with Crippen LogP contribution in [0.15, 0.2) is 70.4 Å². The van der Waals surface area contributed by atoms with Gasteiger partial charge in [-0.1, -0.05) is 36.8 Å². The van der Waals surface area contributed by atoms with Crippen molar-refractivity contribution in [2.24, 2.45) is 0 Å². The first-order valence-electron chi connectivity index (χ1n) is 9.38. The van der Waals surface area contributed by atoms with Crippen molar-refractivity contribution >= 4 is 16.1 Å². The number of carbonyl (C=O) groups excluding carboxylic acids is 1. The van der Waals surface area contributed by atoms with Crippen molar-refractivity contribution < 1.29 is 13.2 Å². The molecule has 0 aliphatic rings. The number of carbonyl (C=O) groups is 1. The minimum atomic E-state index is -4.02. The summed E-state index contributed by atoms with van der Waals surface area (Å²) in [7, 11) is -4.02. The predicted molar refractivity (Wildman–Crippen MR) is 114 cm³/mol.